The summed E-state index contributed by atoms with van der Waals surface area (Å²) < 4.78 is 1.56. The Morgan fingerprint density at radius 2 is 2.19 bits per heavy atom. The lowest BCUT2D eigenvalue weighted by molar-refractivity contribution is -0.384. The van der Waals surface area contributed by atoms with Gasteiger partial charge in [0.1, 0.15) is 5.69 Å². The van der Waals surface area contributed by atoms with Gasteiger partial charge < -0.3 is 20.5 Å². The summed E-state index contributed by atoms with van der Waals surface area (Å²) in [6, 6.07) is 3.63. The number of nitrogens with two attached hydrogens (primary N) is 1. The van der Waals surface area contributed by atoms with Crippen LogP contribution in [0.15, 0.2) is 30.6 Å². The third-order valence-corrected chi connectivity index (χ3v) is 4.57. The largest absolute Gasteiger partial charge is 0.375 e. The van der Waals surface area contributed by atoms with Crippen LogP contribution >= 0.6 is 0 Å². The number of rotatable bonds is 5. The number of anilines is 1. The van der Waals surface area contributed by atoms with Gasteiger partial charge in [0.05, 0.1) is 4.92 Å². The van der Waals surface area contributed by atoms with Crippen molar-refractivity contribution in [2.45, 2.75) is 18.9 Å². The van der Waals surface area contributed by atoms with Crippen molar-refractivity contribution in [1.29, 1.82) is 0 Å². The number of likely N-dealkylation sites (tertiary alicyclic amines) is 1. The number of urea groups is 1. The van der Waals surface area contributed by atoms with Crippen LogP contribution < -0.4 is 11.1 Å². The first-order chi connectivity index (χ1) is 12.9. The quantitative estimate of drug-likeness (QED) is 0.464. The molecule has 142 valence electrons. The van der Waals surface area contributed by atoms with E-state index in [1.807, 2.05) is 0 Å². The zero-order chi connectivity index (χ0) is 19.6. The molecule has 10 heteroatoms. The molecule has 0 radical (unpaired) electrons. The minimum atomic E-state index is -0.536. The second-order valence-corrected chi connectivity index (χ2v) is 6.45. The molecular weight excluding hydrogens is 352 g/mol. The third-order valence-electron chi connectivity index (χ3n) is 4.57. The van der Waals surface area contributed by atoms with E-state index >= 15 is 0 Å². The van der Waals surface area contributed by atoms with Crippen molar-refractivity contribution < 1.29 is 14.5 Å². The second kappa shape index (κ2) is 7.44. The van der Waals surface area contributed by atoms with Crippen LogP contribution in [0.25, 0.3) is 0 Å². The molecule has 10 nitrogen and oxygen atoms in total. The lowest BCUT2D eigenvalue weighted by Crippen LogP contribution is -2.47. The van der Waals surface area contributed by atoms with Crippen molar-refractivity contribution in [3.05, 3.63) is 52.1 Å². The predicted octanol–water partition coefficient (Wildman–Crippen LogP) is 1.51. The second-order valence-electron chi connectivity index (χ2n) is 6.45. The maximum atomic E-state index is 12.5. The third kappa shape index (κ3) is 3.89. The van der Waals surface area contributed by atoms with Gasteiger partial charge in [-0.2, -0.15) is 0 Å². The number of primary amides is 1. The number of imidazole rings is 1. The molecule has 2 heterocycles. The number of aromatic nitrogens is 2. The van der Waals surface area contributed by atoms with Crippen molar-refractivity contribution in [2.24, 2.45) is 12.8 Å². The Hall–Kier alpha value is -3.43. The molecule has 1 fully saturated rings. The van der Waals surface area contributed by atoms with Crippen LogP contribution in [-0.2, 0) is 7.05 Å². The number of amides is 2. The molecule has 1 aliphatic heterocycles. The fourth-order valence-corrected chi connectivity index (χ4v) is 3.17. The van der Waals surface area contributed by atoms with Gasteiger partial charge in [-0.15, -0.1) is 0 Å². The molecule has 1 atom stereocenters. The summed E-state index contributed by atoms with van der Waals surface area (Å²) in [5.41, 5.74) is 5.60. The number of nitrogens with zero attached hydrogens (tertiary/aromatic N) is 4. The minimum absolute atomic E-state index is 0.152. The van der Waals surface area contributed by atoms with Crippen molar-refractivity contribution in [1.82, 2.24) is 14.5 Å². The molecule has 0 saturated carbocycles. The van der Waals surface area contributed by atoms with Crippen LogP contribution in [-0.4, -0.2) is 50.3 Å². The van der Waals surface area contributed by atoms with Gasteiger partial charge in [-0.3, -0.25) is 14.9 Å². The number of hydrogen-bond donors (Lipinski definition) is 2. The van der Waals surface area contributed by atoms with Gasteiger partial charge in [0, 0.05) is 50.2 Å². The van der Waals surface area contributed by atoms with Crippen molar-refractivity contribution in [2.75, 3.05) is 18.4 Å². The number of nitrogens with one attached hydrogen (secondary N) is 1. The van der Waals surface area contributed by atoms with Crippen LogP contribution in [0.5, 0.6) is 0 Å². The van der Waals surface area contributed by atoms with E-state index in [9.17, 15) is 19.7 Å². The van der Waals surface area contributed by atoms with Crippen molar-refractivity contribution in [3.8, 4) is 0 Å². The molecule has 27 heavy (non-hydrogen) atoms. The SMILES string of the molecule is Cn1ccnc1C(=O)c1ccc(NC2CCCN(C(N)=O)C2)c([N+](=O)[O-])c1. The monoisotopic (exact) mass is 372 g/mol. The van der Waals surface area contributed by atoms with Gasteiger partial charge in [0.2, 0.25) is 5.78 Å². The maximum Gasteiger partial charge on any atom is 0.314 e. The number of piperidine rings is 1. The smallest absolute Gasteiger partial charge is 0.314 e. The molecule has 1 aromatic carbocycles. The fourth-order valence-electron chi connectivity index (χ4n) is 3.17. The number of ketones is 1. The van der Waals surface area contributed by atoms with E-state index < -0.39 is 16.7 Å². The zero-order valence-corrected chi connectivity index (χ0v) is 14.8. The van der Waals surface area contributed by atoms with Crippen LogP contribution in [0.4, 0.5) is 16.2 Å². The Morgan fingerprint density at radius 1 is 1.41 bits per heavy atom. The predicted molar refractivity (Wildman–Crippen MR) is 97.5 cm³/mol. The molecule has 0 spiro atoms. The number of nitro groups is 1. The van der Waals surface area contributed by atoms with E-state index in [1.165, 1.54) is 29.3 Å². The highest BCUT2D eigenvalue weighted by atomic mass is 16.6. The molecule has 1 saturated heterocycles. The summed E-state index contributed by atoms with van der Waals surface area (Å²) in [5.74, 6) is -0.191. The number of hydrogen-bond acceptors (Lipinski definition) is 6. The number of carbonyl (C=O) groups is 2. The van der Waals surface area contributed by atoms with Crippen LogP contribution in [0.3, 0.4) is 0 Å². The average Bonchev–Trinajstić information content (AvgIpc) is 3.07. The lowest BCUT2D eigenvalue weighted by Gasteiger charge is -2.32. The average molecular weight is 372 g/mol. The Bertz CT molecular complexity index is 893. The molecule has 0 bridgehead atoms. The first-order valence-corrected chi connectivity index (χ1v) is 8.48. The van der Waals surface area contributed by atoms with Gasteiger partial charge in [0.15, 0.2) is 5.82 Å². The van der Waals surface area contributed by atoms with Crippen LogP contribution in [0.1, 0.15) is 29.0 Å². The lowest BCUT2D eigenvalue weighted by atomic mass is 10.0. The van der Waals surface area contributed by atoms with Gasteiger partial charge in [-0.1, -0.05) is 0 Å². The van der Waals surface area contributed by atoms with E-state index in [0.29, 0.717) is 18.8 Å². The van der Waals surface area contributed by atoms with Gasteiger partial charge in [-0.25, -0.2) is 9.78 Å². The Morgan fingerprint density at radius 3 is 2.81 bits per heavy atom. The molecule has 0 aliphatic carbocycles. The zero-order valence-electron chi connectivity index (χ0n) is 14.8. The molecule has 1 aliphatic rings. The molecule has 3 N–H and O–H groups in total. The molecule has 3 rings (SSSR count). The van der Waals surface area contributed by atoms with Gasteiger partial charge in [0.25, 0.3) is 5.69 Å². The molecule has 2 amide bonds. The highest BCUT2D eigenvalue weighted by Gasteiger charge is 2.25. The number of nitro benzene ring substituents is 1. The molecule has 1 aromatic heterocycles. The Labute approximate surface area is 155 Å². The summed E-state index contributed by atoms with van der Waals surface area (Å²) in [7, 11) is 1.68. The van der Waals surface area contributed by atoms with E-state index in [2.05, 4.69) is 10.3 Å². The standard InChI is InChI=1S/C17H20N6O4/c1-21-8-6-19-16(21)15(24)11-4-5-13(14(9-11)23(26)27)20-12-3-2-7-22(10-12)17(18)25/h4-6,8-9,12,20H,2-3,7,10H2,1H3,(H2,18,25). The summed E-state index contributed by atoms with van der Waals surface area (Å²) >= 11 is 0. The normalized spacial score (nSPS) is 16.8. The van der Waals surface area contributed by atoms with E-state index in [0.717, 1.165) is 12.8 Å². The molecule has 1 unspecified atom stereocenters. The first kappa shape index (κ1) is 18.4. The van der Waals surface area contributed by atoms with Gasteiger partial charge in [-0.05, 0) is 25.0 Å². The van der Waals surface area contributed by atoms with Crippen molar-refractivity contribution in [3.63, 3.8) is 0 Å². The first-order valence-electron chi connectivity index (χ1n) is 8.48. The molecule has 2 aromatic rings. The number of aryl methyl sites for hydroxylation is 1. The Kier molecular flexibility index (Phi) is 5.06. The summed E-state index contributed by atoms with van der Waals surface area (Å²) in [6.07, 6.45) is 4.63. The van der Waals surface area contributed by atoms with E-state index in [-0.39, 0.29) is 23.1 Å². The molecular formula is C17H20N6O4. The van der Waals surface area contributed by atoms with Crippen LogP contribution in [0, 0.1) is 10.1 Å². The topological polar surface area (TPSA) is 136 Å². The highest BCUT2D eigenvalue weighted by molar-refractivity contribution is 6.07. The summed E-state index contributed by atoms with van der Waals surface area (Å²) in [5, 5.41) is 14.6. The van der Waals surface area contributed by atoms with E-state index in [1.54, 1.807) is 17.8 Å². The van der Waals surface area contributed by atoms with Crippen molar-refractivity contribution >= 4 is 23.2 Å². The Balaban J connectivity index is 1.84. The number of carbonyl (C=O) groups excluding carboxylic acids is 2. The minimum Gasteiger partial charge on any atom is -0.375 e. The summed E-state index contributed by atoms with van der Waals surface area (Å²) in [4.78, 5) is 40.4. The fraction of sp³-hybridized carbons (Fsp3) is 0.353. The summed E-state index contributed by atoms with van der Waals surface area (Å²) in [6.45, 7) is 0.952. The number of benzene rings is 1. The van der Waals surface area contributed by atoms with Crippen LogP contribution in [0.2, 0.25) is 0 Å². The highest BCUT2D eigenvalue weighted by Crippen LogP contribution is 2.28. The van der Waals surface area contributed by atoms with E-state index in [4.69, 9.17) is 5.73 Å². The maximum absolute atomic E-state index is 12.5. The van der Waals surface area contributed by atoms with Gasteiger partial charge >= 0.3 is 6.03 Å².